The summed E-state index contributed by atoms with van der Waals surface area (Å²) in [5.74, 6) is 0.511. The fourth-order valence-corrected chi connectivity index (χ4v) is 2.71. The van der Waals surface area contributed by atoms with Crippen molar-refractivity contribution in [1.29, 1.82) is 5.26 Å². The minimum Gasteiger partial charge on any atom is -0.381 e. The highest BCUT2D eigenvalue weighted by Crippen LogP contribution is 2.24. The third-order valence-corrected chi connectivity index (χ3v) is 3.93. The zero-order chi connectivity index (χ0) is 15.0. The van der Waals surface area contributed by atoms with E-state index in [2.05, 4.69) is 11.4 Å². The van der Waals surface area contributed by atoms with Crippen LogP contribution in [0.3, 0.4) is 0 Å². The third kappa shape index (κ3) is 4.28. The number of hydrogen-bond donors (Lipinski definition) is 1. The highest BCUT2D eigenvalue weighted by atomic mass is 16.5. The van der Waals surface area contributed by atoms with Crippen molar-refractivity contribution in [3.05, 3.63) is 35.9 Å². The first-order chi connectivity index (χ1) is 10.3. The minimum atomic E-state index is -0.664. The lowest BCUT2D eigenvalue weighted by molar-refractivity contribution is 0.0783. The van der Waals surface area contributed by atoms with Gasteiger partial charge in [0, 0.05) is 25.6 Å². The summed E-state index contributed by atoms with van der Waals surface area (Å²) >= 11 is 0. The Morgan fingerprint density at radius 1 is 1.43 bits per heavy atom. The topological polar surface area (TPSA) is 54.3 Å². The zero-order valence-electron chi connectivity index (χ0n) is 12.7. The van der Waals surface area contributed by atoms with Crippen LogP contribution < -0.4 is 5.32 Å². The van der Waals surface area contributed by atoms with Crippen molar-refractivity contribution < 1.29 is 9.47 Å². The molecule has 1 heterocycles. The SMILES string of the molecule is CCNC(C#N)(CCOCC1CCOC1)c1ccccc1. The molecular formula is C17H24N2O2. The summed E-state index contributed by atoms with van der Waals surface area (Å²) in [6.07, 6.45) is 1.73. The highest BCUT2D eigenvalue weighted by molar-refractivity contribution is 5.31. The number of hydrogen-bond acceptors (Lipinski definition) is 4. The second kappa shape index (κ2) is 8.14. The van der Waals surface area contributed by atoms with E-state index in [-0.39, 0.29) is 0 Å². The first-order valence-corrected chi connectivity index (χ1v) is 7.68. The molecule has 0 saturated carbocycles. The van der Waals surface area contributed by atoms with Crippen LogP contribution in [0.1, 0.15) is 25.3 Å². The molecule has 4 heteroatoms. The zero-order valence-corrected chi connectivity index (χ0v) is 12.7. The highest BCUT2D eigenvalue weighted by Gasteiger charge is 2.31. The average molecular weight is 288 g/mol. The number of nitrogens with one attached hydrogen (secondary N) is 1. The van der Waals surface area contributed by atoms with Crippen molar-refractivity contribution in [2.24, 2.45) is 5.92 Å². The van der Waals surface area contributed by atoms with Gasteiger partial charge >= 0.3 is 0 Å². The van der Waals surface area contributed by atoms with E-state index in [0.717, 1.165) is 38.3 Å². The van der Waals surface area contributed by atoms with Gasteiger partial charge in [0.15, 0.2) is 0 Å². The van der Waals surface area contributed by atoms with E-state index in [0.29, 0.717) is 18.9 Å². The molecule has 0 spiro atoms. The molecular weight excluding hydrogens is 264 g/mol. The maximum absolute atomic E-state index is 9.68. The lowest BCUT2D eigenvalue weighted by Gasteiger charge is -2.28. The molecule has 114 valence electrons. The number of nitriles is 1. The van der Waals surface area contributed by atoms with Gasteiger partial charge in [0.05, 0.1) is 19.3 Å². The standard InChI is InChI=1S/C17H24N2O2/c1-2-19-17(14-18,16-6-4-3-5-7-16)9-11-21-13-15-8-10-20-12-15/h3-7,15,19H,2,8-13H2,1H3. The van der Waals surface area contributed by atoms with Crippen LogP contribution in [0, 0.1) is 17.2 Å². The van der Waals surface area contributed by atoms with Gasteiger partial charge in [-0.3, -0.25) is 5.32 Å². The van der Waals surface area contributed by atoms with Gasteiger partial charge in [-0.2, -0.15) is 5.26 Å². The van der Waals surface area contributed by atoms with Crippen LogP contribution in [-0.2, 0) is 15.0 Å². The predicted molar refractivity (Wildman–Crippen MR) is 81.8 cm³/mol. The molecule has 1 saturated heterocycles. The lowest BCUT2D eigenvalue weighted by atomic mass is 9.88. The summed E-state index contributed by atoms with van der Waals surface area (Å²) in [5, 5.41) is 13.0. The average Bonchev–Trinajstić information content (AvgIpc) is 3.05. The van der Waals surface area contributed by atoms with Crippen LogP contribution in [0.25, 0.3) is 0 Å². The first kappa shape index (κ1) is 16.0. The predicted octanol–water partition coefficient (Wildman–Crippen LogP) is 2.46. The molecule has 1 N–H and O–H groups in total. The van der Waals surface area contributed by atoms with E-state index in [4.69, 9.17) is 9.47 Å². The summed E-state index contributed by atoms with van der Waals surface area (Å²) in [6, 6.07) is 12.3. The van der Waals surface area contributed by atoms with E-state index in [1.807, 2.05) is 37.3 Å². The van der Waals surface area contributed by atoms with Gasteiger partial charge in [-0.15, -0.1) is 0 Å². The molecule has 0 amide bonds. The van der Waals surface area contributed by atoms with Gasteiger partial charge in [-0.05, 0) is 18.5 Å². The van der Waals surface area contributed by atoms with Crippen molar-refractivity contribution in [3.8, 4) is 6.07 Å². The monoisotopic (exact) mass is 288 g/mol. The lowest BCUT2D eigenvalue weighted by Crippen LogP contribution is -2.42. The molecule has 1 aromatic carbocycles. The van der Waals surface area contributed by atoms with Gasteiger partial charge in [-0.1, -0.05) is 37.3 Å². The Morgan fingerprint density at radius 2 is 2.24 bits per heavy atom. The molecule has 0 aliphatic carbocycles. The Morgan fingerprint density at radius 3 is 2.86 bits per heavy atom. The van der Waals surface area contributed by atoms with Crippen molar-refractivity contribution in [2.75, 3.05) is 33.0 Å². The smallest absolute Gasteiger partial charge is 0.134 e. The Kier molecular flexibility index (Phi) is 6.19. The van der Waals surface area contributed by atoms with Crippen molar-refractivity contribution >= 4 is 0 Å². The Hall–Kier alpha value is -1.41. The molecule has 2 unspecified atom stereocenters. The molecule has 4 nitrogen and oxygen atoms in total. The van der Waals surface area contributed by atoms with Crippen LogP contribution in [-0.4, -0.2) is 33.0 Å². The molecule has 1 aromatic rings. The minimum absolute atomic E-state index is 0.511. The summed E-state index contributed by atoms with van der Waals surface area (Å²) in [4.78, 5) is 0. The van der Waals surface area contributed by atoms with Gasteiger partial charge in [0.1, 0.15) is 5.54 Å². The summed E-state index contributed by atoms with van der Waals surface area (Å²) in [5.41, 5.74) is 0.337. The van der Waals surface area contributed by atoms with Crippen LogP contribution in [0.4, 0.5) is 0 Å². The van der Waals surface area contributed by atoms with Gasteiger partial charge < -0.3 is 9.47 Å². The van der Waals surface area contributed by atoms with Crippen molar-refractivity contribution in [3.63, 3.8) is 0 Å². The molecule has 1 aliphatic heterocycles. The van der Waals surface area contributed by atoms with Crippen LogP contribution >= 0.6 is 0 Å². The second-order valence-corrected chi connectivity index (χ2v) is 5.47. The second-order valence-electron chi connectivity index (χ2n) is 5.47. The molecule has 0 aromatic heterocycles. The fourth-order valence-electron chi connectivity index (χ4n) is 2.71. The summed E-state index contributed by atoms with van der Waals surface area (Å²) in [7, 11) is 0. The fraction of sp³-hybridized carbons (Fsp3) is 0.588. The van der Waals surface area contributed by atoms with E-state index < -0.39 is 5.54 Å². The Balaban J connectivity index is 1.91. The Labute approximate surface area is 127 Å². The van der Waals surface area contributed by atoms with Crippen LogP contribution in [0.2, 0.25) is 0 Å². The molecule has 1 aliphatic rings. The summed E-state index contributed by atoms with van der Waals surface area (Å²) < 4.78 is 11.1. The normalized spacial score (nSPS) is 20.9. The van der Waals surface area contributed by atoms with Gasteiger partial charge in [0.25, 0.3) is 0 Å². The first-order valence-electron chi connectivity index (χ1n) is 7.68. The van der Waals surface area contributed by atoms with E-state index >= 15 is 0 Å². The van der Waals surface area contributed by atoms with E-state index in [1.165, 1.54) is 0 Å². The molecule has 0 bridgehead atoms. The summed E-state index contributed by atoms with van der Waals surface area (Å²) in [6.45, 7) is 5.71. The Bertz CT molecular complexity index is 452. The van der Waals surface area contributed by atoms with Crippen LogP contribution in [0.5, 0.6) is 0 Å². The van der Waals surface area contributed by atoms with E-state index in [9.17, 15) is 5.26 Å². The number of nitrogens with zero attached hydrogens (tertiary/aromatic N) is 1. The van der Waals surface area contributed by atoms with E-state index in [1.54, 1.807) is 0 Å². The van der Waals surface area contributed by atoms with Gasteiger partial charge in [0.2, 0.25) is 0 Å². The number of benzene rings is 1. The number of ether oxygens (including phenoxy) is 2. The van der Waals surface area contributed by atoms with Crippen molar-refractivity contribution in [1.82, 2.24) is 5.32 Å². The maximum atomic E-state index is 9.68. The molecule has 2 atom stereocenters. The molecule has 21 heavy (non-hydrogen) atoms. The maximum Gasteiger partial charge on any atom is 0.134 e. The quantitative estimate of drug-likeness (QED) is 0.747. The van der Waals surface area contributed by atoms with Crippen LogP contribution in [0.15, 0.2) is 30.3 Å². The van der Waals surface area contributed by atoms with Crippen molar-refractivity contribution in [2.45, 2.75) is 25.3 Å². The molecule has 2 rings (SSSR count). The largest absolute Gasteiger partial charge is 0.381 e. The van der Waals surface area contributed by atoms with Gasteiger partial charge in [-0.25, -0.2) is 0 Å². The molecule has 1 fully saturated rings. The number of rotatable bonds is 8. The third-order valence-electron chi connectivity index (χ3n) is 3.93. The molecule has 0 radical (unpaired) electrons.